The standard InChI is InChI=1S/C16H24O.CH3.2ClH.Ti/c1-11-9-12(2)15(17)14(10-11)16(3,4)13-7-5-6-8-13;;;;/h9-10,13,17H,5-8H2,1-4H3;1H3;2*1H;/q;-1;;;+2/p-2. The van der Waals surface area contributed by atoms with Crippen LogP contribution in [0.1, 0.15) is 56.2 Å². The monoisotopic (exact) mass is 365 g/mol. The van der Waals surface area contributed by atoms with E-state index in [0.717, 1.165) is 17.0 Å². The van der Waals surface area contributed by atoms with Gasteiger partial charge in [0.1, 0.15) is 5.75 Å². The Kier molecular flexibility index (Phi) is 9.59. The van der Waals surface area contributed by atoms with Crippen molar-refractivity contribution < 1.29 is 22.1 Å². The number of benzene rings is 1. The second-order valence-corrected chi connectivity index (χ2v) is 8.83. The normalized spacial score (nSPS) is 15.0. The van der Waals surface area contributed by atoms with Gasteiger partial charge in [-0.3, -0.25) is 0 Å². The molecule has 1 aliphatic rings. The van der Waals surface area contributed by atoms with Gasteiger partial charge in [0.25, 0.3) is 0 Å². The SMILES string of the molecule is Cc1cc(C)c(O)c(C(C)(C)C2CCCC2)c1.[CH3-].[Cl][Ti][Cl]. The summed E-state index contributed by atoms with van der Waals surface area (Å²) in [6, 6.07) is 4.23. The number of aromatic hydroxyl groups is 1. The van der Waals surface area contributed by atoms with Crippen LogP contribution in [0.5, 0.6) is 5.75 Å². The van der Waals surface area contributed by atoms with E-state index in [1.807, 2.05) is 6.92 Å². The quantitative estimate of drug-likeness (QED) is 0.481. The van der Waals surface area contributed by atoms with Gasteiger partial charge in [-0.2, -0.15) is 0 Å². The maximum atomic E-state index is 10.3. The molecule has 1 aliphatic carbocycles. The first-order valence-corrected chi connectivity index (χ1v) is 11.4. The fourth-order valence-corrected chi connectivity index (χ4v) is 3.32. The summed E-state index contributed by atoms with van der Waals surface area (Å²) in [5.41, 5.74) is 3.49. The number of phenols is 1. The molecule has 0 saturated heterocycles. The van der Waals surface area contributed by atoms with Crippen LogP contribution in [0.2, 0.25) is 0 Å². The van der Waals surface area contributed by atoms with Gasteiger partial charge in [0, 0.05) is 5.56 Å². The van der Waals surface area contributed by atoms with Crippen LogP contribution < -0.4 is 0 Å². The van der Waals surface area contributed by atoms with E-state index in [0.29, 0.717) is 5.75 Å². The van der Waals surface area contributed by atoms with Gasteiger partial charge in [-0.1, -0.05) is 44.4 Å². The minimum atomic E-state index is -0.556. The molecule has 120 valence electrons. The Morgan fingerprint density at radius 2 is 1.62 bits per heavy atom. The third-order valence-electron chi connectivity index (χ3n) is 4.51. The molecular formula is C17H27Cl2OTi-. The van der Waals surface area contributed by atoms with Crippen molar-refractivity contribution >= 4 is 18.6 Å². The molecule has 0 aromatic heterocycles. The summed E-state index contributed by atoms with van der Waals surface area (Å²) in [6.07, 6.45) is 5.30. The first-order chi connectivity index (χ1) is 9.34. The minimum absolute atomic E-state index is 0. The van der Waals surface area contributed by atoms with E-state index in [4.69, 9.17) is 18.6 Å². The van der Waals surface area contributed by atoms with E-state index >= 15 is 0 Å². The van der Waals surface area contributed by atoms with Crippen LogP contribution in [-0.4, -0.2) is 5.11 Å². The molecule has 1 fully saturated rings. The topological polar surface area (TPSA) is 20.2 Å². The molecule has 2 rings (SSSR count). The molecule has 1 N–H and O–H groups in total. The number of hydrogen-bond donors (Lipinski definition) is 1. The summed E-state index contributed by atoms with van der Waals surface area (Å²) >= 11 is -0.556. The van der Waals surface area contributed by atoms with Crippen molar-refractivity contribution in [2.24, 2.45) is 5.92 Å². The Morgan fingerprint density at radius 3 is 2.10 bits per heavy atom. The van der Waals surface area contributed by atoms with Crippen LogP contribution in [0.3, 0.4) is 0 Å². The molecule has 0 atom stereocenters. The fraction of sp³-hybridized carbons (Fsp3) is 0.588. The average Bonchev–Trinajstić information content (AvgIpc) is 2.89. The van der Waals surface area contributed by atoms with Gasteiger partial charge in [0.15, 0.2) is 0 Å². The predicted octanol–water partition coefficient (Wildman–Crippen LogP) is 6.30. The zero-order chi connectivity index (χ0) is 15.3. The first-order valence-electron chi connectivity index (χ1n) is 7.11. The Hall–Kier alpha value is 0.314. The molecule has 0 aliphatic heterocycles. The number of aryl methyl sites for hydroxylation is 2. The molecule has 1 nitrogen and oxygen atoms in total. The van der Waals surface area contributed by atoms with Crippen molar-refractivity contribution in [2.45, 2.75) is 58.8 Å². The van der Waals surface area contributed by atoms with Gasteiger partial charge >= 0.3 is 35.6 Å². The predicted molar refractivity (Wildman–Crippen MR) is 90.7 cm³/mol. The number of phenolic OH excluding ortho intramolecular Hbond substituents is 1. The number of halogens is 2. The Bertz CT molecular complexity index is 441. The zero-order valence-electron chi connectivity index (χ0n) is 13.8. The Balaban J connectivity index is 0.000000922. The van der Waals surface area contributed by atoms with Crippen LogP contribution in [-0.2, 0) is 22.4 Å². The van der Waals surface area contributed by atoms with Crippen LogP contribution in [0, 0.1) is 27.2 Å². The van der Waals surface area contributed by atoms with Gasteiger partial charge in [0.05, 0.1) is 0 Å². The number of rotatable bonds is 2. The van der Waals surface area contributed by atoms with Crippen LogP contribution >= 0.6 is 18.6 Å². The second-order valence-electron chi connectivity index (χ2n) is 6.25. The molecule has 1 aromatic rings. The molecule has 0 radical (unpaired) electrons. The van der Waals surface area contributed by atoms with Crippen molar-refractivity contribution in [1.82, 2.24) is 0 Å². The maximum absolute atomic E-state index is 10.3. The van der Waals surface area contributed by atoms with E-state index < -0.39 is 17.0 Å². The summed E-state index contributed by atoms with van der Waals surface area (Å²) in [5.74, 6) is 1.22. The fourth-order valence-electron chi connectivity index (χ4n) is 3.32. The summed E-state index contributed by atoms with van der Waals surface area (Å²) < 4.78 is 0. The molecule has 1 aromatic carbocycles. The van der Waals surface area contributed by atoms with Gasteiger partial charge in [-0.25, -0.2) is 0 Å². The van der Waals surface area contributed by atoms with E-state index in [2.05, 4.69) is 32.9 Å². The molecule has 21 heavy (non-hydrogen) atoms. The van der Waals surface area contributed by atoms with Crippen LogP contribution in [0.25, 0.3) is 0 Å². The van der Waals surface area contributed by atoms with Crippen LogP contribution in [0.15, 0.2) is 12.1 Å². The molecule has 0 spiro atoms. The summed E-state index contributed by atoms with van der Waals surface area (Å²) in [5, 5.41) is 10.3. The zero-order valence-corrected chi connectivity index (χ0v) is 16.8. The molecule has 0 unspecified atom stereocenters. The molecule has 0 heterocycles. The van der Waals surface area contributed by atoms with E-state index in [-0.39, 0.29) is 12.8 Å². The van der Waals surface area contributed by atoms with Crippen molar-refractivity contribution in [2.75, 3.05) is 0 Å². The summed E-state index contributed by atoms with van der Waals surface area (Å²) in [4.78, 5) is 0. The second kappa shape index (κ2) is 9.45. The molecule has 4 heteroatoms. The summed E-state index contributed by atoms with van der Waals surface area (Å²) in [6.45, 7) is 8.69. The molecule has 0 amide bonds. The number of hydrogen-bond acceptors (Lipinski definition) is 1. The average molecular weight is 366 g/mol. The Labute approximate surface area is 147 Å². The van der Waals surface area contributed by atoms with E-state index in [1.54, 1.807) is 0 Å². The van der Waals surface area contributed by atoms with Crippen molar-refractivity contribution in [3.05, 3.63) is 36.2 Å². The van der Waals surface area contributed by atoms with E-state index in [9.17, 15) is 5.11 Å². The van der Waals surface area contributed by atoms with Crippen LogP contribution in [0.4, 0.5) is 0 Å². The van der Waals surface area contributed by atoms with E-state index in [1.165, 1.54) is 31.2 Å². The first kappa shape index (κ1) is 21.3. The van der Waals surface area contributed by atoms with Gasteiger partial charge in [0.2, 0.25) is 0 Å². The third kappa shape index (κ3) is 5.46. The molecule has 0 bridgehead atoms. The van der Waals surface area contributed by atoms with Gasteiger partial charge in [-0.05, 0) is 43.6 Å². The van der Waals surface area contributed by atoms with Crippen molar-refractivity contribution in [3.8, 4) is 5.75 Å². The third-order valence-corrected chi connectivity index (χ3v) is 4.51. The van der Waals surface area contributed by atoms with Crippen molar-refractivity contribution in [1.29, 1.82) is 0 Å². The molecular weight excluding hydrogens is 339 g/mol. The molecule has 1 saturated carbocycles. The Morgan fingerprint density at radius 1 is 1.14 bits per heavy atom. The van der Waals surface area contributed by atoms with Gasteiger partial charge < -0.3 is 12.5 Å². The summed E-state index contributed by atoms with van der Waals surface area (Å²) in [7, 11) is 9.78. The van der Waals surface area contributed by atoms with Gasteiger partial charge in [-0.15, -0.1) is 0 Å². The van der Waals surface area contributed by atoms with Crippen molar-refractivity contribution in [3.63, 3.8) is 0 Å².